The third-order valence-electron chi connectivity index (χ3n) is 2.47. The predicted molar refractivity (Wildman–Crippen MR) is 78.5 cm³/mol. The van der Waals surface area contributed by atoms with Gasteiger partial charge in [-0.15, -0.1) is 0 Å². The van der Waals surface area contributed by atoms with E-state index >= 15 is 0 Å². The van der Waals surface area contributed by atoms with Gasteiger partial charge in [0, 0.05) is 0 Å². The lowest BCUT2D eigenvalue weighted by Crippen LogP contribution is -1.97. The summed E-state index contributed by atoms with van der Waals surface area (Å²) in [5, 5.41) is 9.10. The van der Waals surface area contributed by atoms with Crippen LogP contribution in [0.15, 0.2) is 51.4 Å². The number of hydrogen-bond acceptors (Lipinski definition) is 2. The molecule has 2 nitrogen and oxygen atoms in total. The zero-order valence-electron chi connectivity index (χ0n) is 9.57. The molecule has 94 valence electrons. The molecule has 0 saturated heterocycles. The van der Waals surface area contributed by atoms with E-state index in [1.807, 2.05) is 42.5 Å². The highest BCUT2D eigenvalue weighted by atomic mass is 79.9. The van der Waals surface area contributed by atoms with Gasteiger partial charge in [-0.05, 0) is 55.1 Å². The first kappa shape index (κ1) is 13.6. The van der Waals surface area contributed by atoms with Crippen molar-refractivity contribution in [3.8, 4) is 5.75 Å². The molecule has 0 fully saturated rings. The average Bonchev–Trinajstić information content (AvgIpc) is 2.38. The van der Waals surface area contributed by atoms with Crippen molar-refractivity contribution in [1.29, 1.82) is 0 Å². The molecule has 0 heterocycles. The Hall–Kier alpha value is -0.840. The molecule has 0 saturated carbocycles. The van der Waals surface area contributed by atoms with E-state index in [9.17, 15) is 0 Å². The van der Waals surface area contributed by atoms with Crippen molar-refractivity contribution >= 4 is 31.9 Å². The summed E-state index contributed by atoms with van der Waals surface area (Å²) in [5.41, 5.74) is 1.95. The third kappa shape index (κ3) is 3.34. The molecule has 18 heavy (non-hydrogen) atoms. The van der Waals surface area contributed by atoms with E-state index in [2.05, 4.69) is 31.9 Å². The van der Waals surface area contributed by atoms with Crippen LogP contribution in [-0.2, 0) is 13.2 Å². The summed E-state index contributed by atoms with van der Waals surface area (Å²) in [7, 11) is 0. The zero-order valence-corrected chi connectivity index (χ0v) is 12.7. The van der Waals surface area contributed by atoms with Gasteiger partial charge in [0.25, 0.3) is 0 Å². The van der Waals surface area contributed by atoms with Gasteiger partial charge >= 0.3 is 0 Å². The van der Waals surface area contributed by atoms with Crippen LogP contribution in [0, 0.1) is 0 Å². The fourth-order valence-corrected chi connectivity index (χ4v) is 3.08. The van der Waals surface area contributed by atoms with E-state index in [-0.39, 0.29) is 6.61 Å². The van der Waals surface area contributed by atoms with Crippen LogP contribution in [0.4, 0.5) is 0 Å². The van der Waals surface area contributed by atoms with Crippen LogP contribution in [0.2, 0.25) is 0 Å². The van der Waals surface area contributed by atoms with Crippen LogP contribution < -0.4 is 4.74 Å². The molecule has 0 unspecified atom stereocenters. The van der Waals surface area contributed by atoms with Gasteiger partial charge in [-0.25, -0.2) is 0 Å². The number of halogens is 2. The highest BCUT2D eigenvalue weighted by Crippen LogP contribution is 2.35. The SMILES string of the molecule is OCc1cc(Br)c(OCc2ccccc2)c(Br)c1. The Labute approximate surface area is 123 Å². The highest BCUT2D eigenvalue weighted by Gasteiger charge is 2.08. The van der Waals surface area contributed by atoms with Crippen molar-refractivity contribution in [2.75, 3.05) is 0 Å². The minimum absolute atomic E-state index is 0.0101. The highest BCUT2D eigenvalue weighted by molar-refractivity contribution is 9.11. The molecule has 1 N–H and O–H groups in total. The Bertz CT molecular complexity index is 504. The topological polar surface area (TPSA) is 29.5 Å². The summed E-state index contributed by atoms with van der Waals surface area (Å²) in [4.78, 5) is 0. The molecule has 0 amide bonds. The molecular formula is C14H12Br2O2. The van der Waals surface area contributed by atoms with Gasteiger partial charge in [-0.3, -0.25) is 0 Å². The van der Waals surface area contributed by atoms with E-state index in [1.54, 1.807) is 0 Å². The first-order chi connectivity index (χ1) is 8.70. The quantitative estimate of drug-likeness (QED) is 0.868. The maximum absolute atomic E-state index is 9.10. The Morgan fingerprint density at radius 1 is 0.944 bits per heavy atom. The molecule has 2 rings (SSSR count). The maximum Gasteiger partial charge on any atom is 0.148 e. The number of aliphatic hydroxyl groups is 1. The number of ether oxygens (including phenoxy) is 1. The summed E-state index contributed by atoms with van der Waals surface area (Å²) in [5.74, 6) is 0.746. The zero-order chi connectivity index (χ0) is 13.0. The minimum atomic E-state index is 0.0101. The number of rotatable bonds is 4. The Morgan fingerprint density at radius 3 is 2.11 bits per heavy atom. The molecule has 0 atom stereocenters. The molecule has 0 aliphatic heterocycles. The van der Waals surface area contributed by atoms with Crippen molar-refractivity contribution in [2.45, 2.75) is 13.2 Å². The lowest BCUT2D eigenvalue weighted by molar-refractivity contribution is 0.280. The monoisotopic (exact) mass is 370 g/mol. The summed E-state index contributed by atoms with van der Waals surface area (Å²) >= 11 is 6.89. The fraction of sp³-hybridized carbons (Fsp3) is 0.143. The summed E-state index contributed by atoms with van der Waals surface area (Å²) in [6.07, 6.45) is 0. The Kier molecular flexibility index (Phi) is 4.80. The average molecular weight is 372 g/mol. The van der Waals surface area contributed by atoms with Gasteiger partial charge in [0.15, 0.2) is 0 Å². The summed E-state index contributed by atoms with van der Waals surface area (Å²) < 4.78 is 7.44. The van der Waals surface area contributed by atoms with Crippen LogP contribution in [-0.4, -0.2) is 5.11 Å². The van der Waals surface area contributed by atoms with Gasteiger partial charge in [-0.2, -0.15) is 0 Å². The molecular weight excluding hydrogens is 360 g/mol. The molecule has 0 radical (unpaired) electrons. The van der Waals surface area contributed by atoms with Gasteiger partial charge in [0.05, 0.1) is 15.6 Å². The Morgan fingerprint density at radius 2 is 1.56 bits per heavy atom. The normalized spacial score (nSPS) is 10.4. The second-order valence-electron chi connectivity index (χ2n) is 3.82. The van der Waals surface area contributed by atoms with E-state index in [1.165, 1.54) is 0 Å². The van der Waals surface area contributed by atoms with E-state index in [0.29, 0.717) is 6.61 Å². The van der Waals surface area contributed by atoms with Gasteiger partial charge in [-0.1, -0.05) is 30.3 Å². The van der Waals surface area contributed by atoms with Gasteiger partial charge < -0.3 is 9.84 Å². The van der Waals surface area contributed by atoms with Crippen LogP contribution in [0.5, 0.6) is 5.75 Å². The first-order valence-corrected chi connectivity index (χ1v) is 7.05. The van der Waals surface area contributed by atoms with E-state index in [4.69, 9.17) is 9.84 Å². The summed E-state index contributed by atoms with van der Waals surface area (Å²) in [6, 6.07) is 13.7. The van der Waals surface area contributed by atoms with Crippen molar-refractivity contribution in [1.82, 2.24) is 0 Å². The van der Waals surface area contributed by atoms with Crippen molar-refractivity contribution < 1.29 is 9.84 Å². The third-order valence-corrected chi connectivity index (χ3v) is 3.64. The molecule has 4 heteroatoms. The number of hydrogen-bond donors (Lipinski definition) is 1. The van der Waals surface area contributed by atoms with Crippen molar-refractivity contribution in [3.05, 3.63) is 62.5 Å². The van der Waals surface area contributed by atoms with E-state index in [0.717, 1.165) is 25.8 Å². The minimum Gasteiger partial charge on any atom is -0.487 e. The van der Waals surface area contributed by atoms with E-state index < -0.39 is 0 Å². The molecule has 0 aromatic heterocycles. The van der Waals surface area contributed by atoms with Gasteiger partial charge in [0.2, 0.25) is 0 Å². The fourth-order valence-electron chi connectivity index (χ4n) is 1.57. The predicted octanol–water partition coefficient (Wildman–Crippen LogP) is 4.28. The Balaban J connectivity index is 2.15. The molecule has 0 aliphatic carbocycles. The van der Waals surface area contributed by atoms with Crippen molar-refractivity contribution in [2.24, 2.45) is 0 Å². The lowest BCUT2D eigenvalue weighted by atomic mass is 10.2. The van der Waals surface area contributed by atoms with Crippen LogP contribution >= 0.6 is 31.9 Å². The standard InChI is InChI=1S/C14H12Br2O2/c15-12-6-11(8-17)7-13(16)14(12)18-9-10-4-2-1-3-5-10/h1-7,17H,8-9H2. The molecule has 0 spiro atoms. The van der Waals surface area contributed by atoms with Crippen LogP contribution in [0.1, 0.15) is 11.1 Å². The molecule has 0 aliphatic rings. The first-order valence-electron chi connectivity index (χ1n) is 5.46. The van der Waals surface area contributed by atoms with Crippen molar-refractivity contribution in [3.63, 3.8) is 0 Å². The van der Waals surface area contributed by atoms with Crippen LogP contribution in [0.3, 0.4) is 0 Å². The largest absolute Gasteiger partial charge is 0.487 e. The molecule has 0 bridgehead atoms. The number of aliphatic hydroxyl groups excluding tert-OH is 1. The molecule has 2 aromatic rings. The summed E-state index contributed by atoms with van der Waals surface area (Å²) in [6.45, 7) is 0.521. The second-order valence-corrected chi connectivity index (χ2v) is 5.53. The second kappa shape index (κ2) is 6.36. The lowest BCUT2D eigenvalue weighted by Gasteiger charge is -2.11. The molecule has 2 aromatic carbocycles. The number of benzene rings is 2. The van der Waals surface area contributed by atoms with Crippen LogP contribution in [0.25, 0.3) is 0 Å². The van der Waals surface area contributed by atoms with Gasteiger partial charge in [0.1, 0.15) is 12.4 Å². The maximum atomic E-state index is 9.10. The smallest absolute Gasteiger partial charge is 0.148 e.